The third-order valence-corrected chi connectivity index (χ3v) is 7.43. The van der Waals surface area contributed by atoms with E-state index in [1.165, 1.54) is 12.8 Å². The Hall–Kier alpha value is -2.42. The van der Waals surface area contributed by atoms with Gasteiger partial charge in [-0.3, -0.25) is 4.57 Å². The van der Waals surface area contributed by atoms with Gasteiger partial charge in [0, 0.05) is 35.5 Å². The Morgan fingerprint density at radius 2 is 1.94 bits per heavy atom. The maximum Gasteiger partial charge on any atom is 0.225 e. The minimum Gasteiger partial charge on any atom is -0.381 e. The number of imidazole rings is 1. The molecule has 3 N–H and O–H groups in total. The summed E-state index contributed by atoms with van der Waals surface area (Å²) in [5.74, 6) is 2.16. The van der Waals surface area contributed by atoms with E-state index >= 15 is 0 Å². The van der Waals surface area contributed by atoms with E-state index in [1.807, 2.05) is 37.5 Å². The molecule has 3 aromatic rings. The predicted molar refractivity (Wildman–Crippen MR) is 137 cm³/mol. The molecule has 3 heterocycles. The molecule has 2 aliphatic rings. The van der Waals surface area contributed by atoms with Crippen molar-refractivity contribution >= 4 is 40.3 Å². The Balaban J connectivity index is 1.49. The van der Waals surface area contributed by atoms with Crippen LogP contribution in [0.4, 0.5) is 17.6 Å². The number of hydrogen-bond acceptors (Lipinski definition) is 7. The molecule has 0 radical (unpaired) electrons. The molecule has 0 amide bonds. The smallest absolute Gasteiger partial charge is 0.225 e. The largest absolute Gasteiger partial charge is 0.381 e. The fourth-order valence-electron chi connectivity index (χ4n) is 5.19. The first-order valence-corrected chi connectivity index (χ1v) is 12.7. The van der Waals surface area contributed by atoms with Crippen molar-refractivity contribution in [3.8, 4) is 0 Å². The first-order valence-electron chi connectivity index (χ1n) is 12.3. The molecule has 2 aromatic heterocycles. The average Bonchev–Trinajstić information content (AvgIpc) is 3.17. The van der Waals surface area contributed by atoms with Gasteiger partial charge >= 0.3 is 0 Å². The van der Waals surface area contributed by atoms with Gasteiger partial charge in [0.1, 0.15) is 5.52 Å². The van der Waals surface area contributed by atoms with E-state index in [0.717, 1.165) is 74.2 Å². The summed E-state index contributed by atoms with van der Waals surface area (Å²) in [4.78, 5) is 14.5. The Labute approximate surface area is 205 Å². The molecule has 8 nitrogen and oxygen atoms in total. The second kappa shape index (κ2) is 10.1. The molecule has 182 valence electrons. The van der Waals surface area contributed by atoms with Crippen LogP contribution in [0.5, 0.6) is 0 Å². The zero-order chi connectivity index (χ0) is 23.5. The van der Waals surface area contributed by atoms with Crippen LogP contribution in [0.3, 0.4) is 0 Å². The van der Waals surface area contributed by atoms with Gasteiger partial charge in [-0.25, -0.2) is 9.97 Å². The van der Waals surface area contributed by atoms with Crippen LogP contribution in [0.25, 0.3) is 11.2 Å². The van der Waals surface area contributed by atoms with Gasteiger partial charge in [0.25, 0.3) is 0 Å². The van der Waals surface area contributed by atoms with Gasteiger partial charge in [-0.15, -0.1) is 0 Å². The quantitative estimate of drug-likeness (QED) is 0.428. The molecule has 1 aliphatic carbocycles. The van der Waals surface area contributed by atoms with Crippen LogP contribution in [0.2, 0.25) is 5.02 Å². The minimum absolute atomic E-state index is 0.0656. The van der Waals surface area contributed by atoms with Crippen molar-refractivity contribution in [3.63, 3.8) is 0 Å². The summed E-state index contributed by atoms with van der Waals surface area (Å²) < 4.78 is 7.83. The third-order valence-electron chi connectivity index (χ3n) is 7.20. The van der Waals surface area contributed by atoms with Gasteiger partial charge in [-0.2, -0.15) is 4.98 Å². The molecule has 1 aliphatic heterocycles. The van der Waals surface area contributed by atoms with Crippen molar-refractivity contribution in [3.05, 3.63) is 35.5 Å². The molecule has 5 rings (SSSR count). The number of ether oxygens (including phenoxy) is 1. The van der Waals surface area contributed by atoms with Gasteiger partial charge in [-0.05, 0) is 83.2 Å². The maximum atomic E-state index is 6.24. The van der Waals surface area contributed by atoms with Crippen molar-refractivity contribution in [2.75, 3.05) is 37.4 Å². The predicted octanol–water partition coefficient (Wildman–Crippen LogP) is 5.16. The topological polar surface area (TPSA) is 88.9 Å². The number of halogens is 1. The molecule has 0 unspecified atom stereocenters. The van der Waals surface area contributed by atoms with Crippen molar-refractivity contribution in [1.29, 1.82) is 0 Å². The highest BCUT2D eigenvalue weighted by atomic mass is 35.5. The highest BCUT2D eigenvalue weighted by Crippen LogP contribution is 2.37. The number of anilines is 3. The van der Waals surface area contributed by atoms with E-state index in [4.69, 9.17) is 26.3 Å². The van der Waals surface area contributed by atoms with E-state index in [0.29, 0.717) is 17.0 Å². The standard InChI is InChI=1S/C25H34ClN7O/c1-25(10-12-34-13-11-25)32-23-28-16-21-22(31-23)33(20-8-6-17(7-9-20)15-27-2)24(30-21)29-19-5-3-4-18(26)14-19/h3-5,14,16-17,20,27H,6-13,15H2,1-2H3,(H,29,30)(H,28,31,32)/t17-,20-. The van der Waals surface area contributed by atoms with Crippen LogP contribution < -0.4 is 16.0 Å². The number of benzene rings is 1. The van der Waals surface area contributed by atoms with Gasteiger partial charge in [-0.1, -0.05) is 17.7 Å². The lowest BCUT2D eigenvalue weighted by molar-refractivity contribution is 0.0656. The van der Waals surface area contributed by atoms with Crippen LogP contribution in [-0.4, -0.2) is 51.9 Å². The highest BCUT2D eigenvalue weighted by Gasteiger charge is 2.30. The zero-order valence-electron chi connectivity index (χ0n) is 20.0. The molecule has 2 fully saturated rings. The fourth-order valence-corrected chi connectivity index (χ4v) is 5.38. The molecule has 0 spiro atoms. The van der Waals surface area contributed by atoms with Crippen molar-refractivity contribution in [1.82, 2.24) is 24.8 Å². The monoisotopic (exact) mass is 483 g/mol. The van der Waals surface area contributed by atoms with Gasteiger partial charge in [0.2, 0.25) is 11.9 Å². The summed E-state index contributed by atoms with van der Waals surface area (Å²) >= 11 is 6.24. The normalized spacial score (nSPS) is 22.6. The lowest BCUT2D eigenvalue weighted by Crippen LogP contribution is -2.41. The molecule has 1 saturated heterocycles. The molecule has 1 saturated carbocycles. The van der Waals surface area contributed by atoms with Crippen LogP contribution >= 0.6 is 11.6 Å². The third kappa shape index (κ3) is 5.14. The molecule has 0 bridgehead atoms. The Morgan fingerprint density at radius 3 is 2.68 bits per heavy atom. The minimum atomic E-state index is -0.0656. The summed E-state index contributed by atoms with van der Waals surface area (Å²) in [6, 6.07) is 8.07. The number of nitrogens with one attached hydrogen (secondary N) is 3. The Morgan fingerprint density at radius 1 is 1.15 bits per heavy atom. The van der Waals surface area contributed by atoms with Crippen molar-refractivity contribution < 1.29 is 4.74 Å². The van der Waals surface area contributed by atoms with Crippen molar-refractivity contribution in [2.45, 2.75) is 57.0 Å². The van der Waals surface area contributed by atoms with Crippen LogP contribution in [-0.2, 0) is 4.74 Å². The lowest BCUT2D eigenvalue weighted by Gasteiger charge is -2.34. The van der Waals surface area contributed by atoms with Gasteiger partial charge in [0.15, 0.2) is 5.65 Å². The molecule has 9 heteroatoms. The highest BCUT2D eigenvalue weighted by molar-refractivity contribution is 6.30. The van der Waals surface area contributed by atoms with E-state index < -0.39 is 0 Å². The Bertz CT molecular complexity index is 1120. The average molecular weight is 484 g/mol. The molecule has 0 atom stereocenters. The van der Waals surface area contributed by atoms with Crippen molar-refractivity contribution in [2.24, 2.45) is 5.92 Å². The van der Waals surface area contributed by atoms with Crippen LogP contribution in [0, 0.1) is 5.92 Å². The molecule has 1 aromatic carbocycles. The van der Waals surface area contributed by atoms with Gasteiger partial charge in [0.05, 0.1) is 6.20 Å². The number of nitrogens with zero attached hydrogens (tertiary/aromatic N) is 4. The summed E-state index contributed by atoms with van der Waals surface area (Å²) in [7, 11) is 2.03. The number of hydrogen-bond donors (Lipinski definition) is 3. The molecular weight excluding hydrogens is 450 g/mol. The Kier molecular flexibility index (Phi) is 6.90. The van der Waals surface area contributed by atoms with E-state index in [1.54, 1.807) is 0 Å². The fraction of sp³-hybridized carbons (Fsp3) is 0.560. The molecule has 34 heavy (non-hydrogen) atoms. The van der Waals surface area contributed by atoms with E-state index in [-0.39, 0.29) is 5.54 Å². The van der Waals surface area contributed by atoms with Crippen LogP contribution in [0.15, 0.2) is 30.5 Å². The number of aromatic nitrogens is 4. The summed E-state index contributed by atoms with van der Waals surface area (Å²) in [5, 5.41) is 11.1. The lowest BCUT2D eigenvalue weighted by atomic mass is 9.86. The number of fused-ring (bicyclic) bond motifs is 1. The molecular formula is C25H34ClN7O. The van der Waals surface area contributed by atoms with Crippen LogP contribution in [0.1, 0.15) is 51.5 Å². The SMILES string of the molecule is CNC[C@H]1CC[C@H](n2c(Nc3cccc(Cl)c3)nc3cnc(NC4(C)CCOCC4)nc32)CC1. The first-order chi connectivity index (χ1) is 16.5. The summed E-state index contributed by atoms with van der Waals surface area (Å²) in [6.07, 6.45) is 8.29. The van der Waals surface area contributed by atoms with E-state index in [9.17, 15) is 0 Å². The summed E-state index contributed by atoms with van der Waals surface area (Å²) in [6.45, 7) is 4.81. The summed E-state index contributed by atoms with van der Waals surface area (Å²) in [5.41, 5.74) is 2.51. The van der Waals surface area contributed by atoms with E-state index in [2.05, 4.69) is 32.4 Å². The second-order valence-corrected chi connectivity index (χ2v) is 10.3. The maximum absolute atomic E-state index is 6.24. The first kappa shape index (κ1) is 23.3. The van der Waals surface area contributed by atoms with Gasteiger partial charge < -0.3 is 20.7 Å². The zero-order valence-corrected chi connectivity index (χ0v) is 20.7. The number of rotatable bonds is 7. The second-order valence-electron chi connectivity index (χ2n) is 9.87.